The van der Waals surface area contributed by atoms with Crippen molar-refractivity contribution in [3.05, 3.63) is 78.4 Å². The van der Waals surface area contributed by atoms with Gasteiger partial charge < -0.3 is 15.4 Å². The molecular formula is C28H29N9O2. The summed E-state index contributed by atoms with van der Waals surface area (Å²) in [6, 6.07) is 18.3. The maximum Gasteiger partial charge on any atom is 0.411 e. The molecule has 0 aliphatic carbocycles. The second-order valence-electron chi connectivity index (χ2n) is 8.91. The molecule has 0 saturated heterocycles. The minimum Gasteiger partial charge on any atom is -0.449 e. The van der Waals surface area contributed by atoms with E-state index in [1.807, 2.05) is 60.3 Å². The van der Waals surface area contributed by atoms with Gasteiger partial charge in [0.25, 0.3) is 0 Å². The Kier molecular flexibility index (Phi) is 7.95. The second-order valence-corrected chi connectivity index (χ2v) is 8.91. The Morgan fingerprint density at radius 2 is 2.03 bits per heavy atom. The topological polar surface area (TPSA) is 134 Å². The van der Waals surface area contributed by atoms with Gasteiger partial charge in [0.1, 0.15) is 11.8 Å². The number of carbonyl (C=O) groups is 1. The third-order valence-corrected chi connectivity index (χ3v) is 6.28. The molecule has 0 unspecified atom stereocenters. The molecule has 11 nitrogen and oxygen atoms in total. The normalized spacial score (nSPS) is 11.0. The SMILES string of the molecule is CCc1c(NC(=O)OCCCNCC#N)cn2ncnc(Nc3ccc4c(cnn4Cc4ccccc4)c3)c12. The fraction of sp³-hybridized carbons (Fsp3) is 0.250. The van der Waals surface area contributed by atoms with E-state index in [4.69, 9.17) is 10.00 Å². The molecule has 0 aliphatic rings. The van der Waals surface area contributed by atoms with Crippen LogP contribution in [-0.2, 0) is 17.7 Å². The van der Waals surface area contributed by atoms with Crippen molar-refractivity contribution in [3.63, 3.8) is 0 Å². The van der Waals surface area contributed by atoms with E-state index >= 15 is 0 Å². The summed E-state index contributed by atoms with van der Waals surface area (Å²) < 4.78 is 8.97. The average Bonchev–Trinajstić information content (AvgIpc) is 3.51. The Morgan fingerprint density at radius 3 is 2.85 bits per heavy atom. The molecule has 3 aromatic heterocycles. The quantitative estimate of drug-likeness (QED) is 0.170. The zero-order chi connectivity index (χ0) is 27.0. The first-order valence-corrected chi connectivity index (χ1v) is 12.8. The van der Waals surface area contributed by atoms with E-state index in [1.165, 1.54) is 11.9 Å². The van der Waals surface area contributed by atoms with Gasteiger partial charge in [-0.05, 0) is 43.1 Å². The number of aromatic nitrogens is 5. The van der Waals surface area contributed by atoms with Crippen LogP contribution in [0.1, 0.15) is 24.5 Å². The molecule has 39 heavy (non-hydrogen) atoms. The highest BCUT2D eigenvalue weighted by molar-refractivity contribution is 5.91. The number of hydrogen-bond donors (Lipinski definition) is 3. The van der Waals surface area contributed by atoms with E-state index in [0.29, 0.717) is 37.4 Å². The first-order valence-electron chi connectivity index (χ1n) is 12.8. The molecule has 198 valence electrons. The lowest BCUT2D eigenvalue weighted by molar-refractivity contribution is 0.160. The molecule has 0 saturated carbocycles. The van der Waals surface area contributed by atoms with E-state index < -0.39 is 6.09 Å². The van der Waals surface area contributed by atoms with E-state index in [9.17, 15) is 4.79 Å². The number of hydrogen-bond acceptors (Lipinski definition) is 8. The van der Waals surface area contributed by atoms with Gasteiger partial charge in [-0.2, -0.15) is 15.5 Å². The van der Waals surface area contributed by atoms with Crippen molar-refractivity contribution in [1.29, 1.82) is 5.26 Å². The van der Waals surface area contributed by atoms with Crippen LogP contribution in [0, 0.1) is 11.3 Å². The zero-order valence-electron chi connectivity index (χ0n) is 21.6. The van der Waals surface area contributed by atoms with Crippen molar-refractivity contribution >= 4 is 39.7 Å². The van der Waals surface area contributed by atoms with Gasteiger partial charge >= 0.3 is 6.09 Å². The van der Waals surface area contributed by atoms with Gasteiger partial charge in [-0.3, -0.25) is 10.00 Å². The van der Waals surface area contributed by atoms with Crippen LogP contribution in [0.2, 0.25) is 0 Å². The van der Waals surface area contributed by atoms with Crippen LogP contribution < -0.4 is 16.0 Å². The van der Waals surface area contributed by atoms with Crippen molar-refractivity contribution in [2.24, 2.45) is 0 Å². The van der Waals surface area contributed by atoms with Gasteiger partial charge in [-0.15, -0.1) is 0 Å². The Hall–Kier alpha value is -4.95. The number of fused-ring (bicyclic) bond motifs is 2. The molecule has 0 bridgehead atoms. The maximum absolute atomic E-state index is 12.4. The predicted molar refractivity (Wildman–Crippen MR) is 149 cm³/mol. The van der Waals surface area contributed by atoms with Crippen molar-refractivity contribution in [2.75, 3.05) is 30.3 Å². The summed E-state index contributed by atoms with van der Waals surface area (Å²) >= 11 is 0. The largest absolute Gasteiger partial charge is 0.449 e. The zero-order valence-corrected chi connectivity index (χ0v) is 21.6. The van der Waals surface area contributed by atoms with E-state index in [1.54, 1.807) is 10.7 Å². The Bertz CT molecular complexity index is 1620. The van der Waals surface area contributed by atoms with Gasteiger partial charge in [0.05, 0.1) is 49.4 Å². The summed E-state index contributed by atoms with van der Waals surface area (Å²) in [5.41, 5.74) is 5.38. The summed E-state index contributed by atoms with van der Waals surface area (Å²) in [5.74, 6) is 0.628. The summed E-state index contributed by atoms with van der Waals surface area (Å²) in [6.45, 7) is 3.82. The van der Waals surface area contributed by atoms with Crippen molar-refractivity contribution < 1.29 is 9.53 Å². The molecule has 3 N–H and O–H groups in total. The molecule has 2 aromatic carbocycles. The number of nitrogens with one attached hydrogen (secondary N) is 3. The number of nitriles is 1. The van der Waals surface area contributed by atoms with E-state index in [0.717, 1.165) is 27.7 Å². The summed E-state index contributed by atoms with van der Waals surface area (Å²) in [5, 5.41) is 27.7. The Balaban J connectivity index is 1.31. The lowest BCUT2D eigenvalue weighted by atomic mass is 10.2. The molecular weight excluding hydrogens is 494 g/mol. The Labute approximate surface area is 225 Å². The van der Waals surface area contributed by atoms with E-state index in [-0.39, 0.29) is 13.2 Å². The maximum atomic E-state index is 12.4. The van der Waals surface area contributed by atoms with Crippen molar-refractivity contribution in [1.82, 2.24) is 29.7 Å². The molecule has 0 fully saturated rings. The second kappa shape index (κ2) is 12.1. The van der Waals surface area contributed by atoms with Crippen LogP contribution in [0.5, 0.6) is 0 Å². The van der Waals surface area contributed by atoms with Gasteiger partial charge in [0.2, 0.25) is 0 Å². The lowest BCUT2D eigenvalue weighted by Gasteiger charge is -2.10. The van der Waals surface area contributed by atoms with Crippen LogP contribution in [-0.4, -0.2) is 50.2 Å². The third kappa shape index (κ3) is 5.97. The molecule has 5 aromatic rings. The number of nitrogens with zero attached hydrogens (tertiary/aromatic N) is 6. The highest BCUT2D eigenvalue weighted by Gasteiger charge is 2.17. The van der Waals surface area contributed by atoms with Crippen LogP contribution >= 0.6 is 0 Å². The number of amides is 1. The third-order valence-electron chi connectivity index (χ3n) is 6.28. The van der Waals surface area contributed by atoms with Crippen molar-refractivity contribution in [3.8, 4) is 6.07 Å². The highest BCUT2D eigenvalue weighted by Crippen LogP contribution is 2.30. The summed E-state index contributed by atoms with van der Waals surface area (Å²) in [7, 11) is 0. The minimum absolute atomic E-state index is 0.246. The smallest absolute Gasteiger partial charge is 0.411 e. The fourth-order valence-corrected chi connectivity index (χ4v) is 4.47. The number of rotatable bonds is 11. The minimum atomic E-state index is -0.540. The summed E-state index contributed by atoms with van der Waals surface area (Å²) in [6.07, 6.45) is 5.82. The average molecular weight is 524 g/mol. The summed E-state index contributed by atoms with van der Waals surface area (Å²) in [4.78, 5) is 16.9. The van der Waals surface area contributed by atoms with Crippen molar-refractivity contribution in [2.45, 2.75) is 26.3 Å². The standard InChI is InChI=1S/C28H29N9O2/c1-2-23-24(35-28(38)39-14-6-12-30-13-11-29)18-37-26(23)27(31-19-33-37)34-22-9-10-25-21(15-22)16-32-36(25)17-20-7-4-3-5-8-20/h3-5,7-10,15-16,18-19,30H,2,6,12-14,17H2,1H3,(H,35,38)(H,31,33,34). The van der Waals surface area contributed by atoms with E-state index in [2.05, 4.69) is 43.3 Å². The molecule has 5 rings (SSSR count). The molecule has 0 radical (unpaired) electrons. The van der Waals surface area contributed by atoms with Crippen LogP contribution in [0.4, 0.5) is 22.0 Å². The number of anilines is 3. The fourth-order valence-electron chi connectivity index (χ4n) is 4.47. The molecule has 0 aliphatic heterocycles. The number of aryl methyl sites for hydroxylation is 1. The van der Waals surface area contributed by atoms with Crippen LogP contribution in [0.3, 0.4) is 0 Å². The van der Waals surface area contributed by atoms with Gasteiger partial charge in [0, 0.05) is 16.6 Å². The first kappa shape index (κ1) is 25.7. The Morgan fingerprint density at radius 1 is 1.15 bits per heavy atom. The molecule has 1 amide bonds. The monoisotopic (exact) mass is 523 g/mol. The van der Waals surface area contributed by atoms with Crippen LogP contribution in [0.25, 0.3) is 16.4 Å². The molecule has 11 heteroatoms. The van der Waals surface area contributed by atoms with Gasteiger partial charge in [0.15, 0.2) is 5.82 Å². The number of carbonyl (C=O) groups excluding carboxylic acids is 1. The lowest BCUT2D eigenvalue weighted by Crippen LogP contribution is -2.19. The number of ether oxygens (including phenoxy) is 1. The number of benzene rings is 2. The van der Waals surface area contributed by atoms with Gasteiger partial charge in [-0.25, -0.2) is 14.3 Å². The molecule has 0 spiro atoms. The predicted octanol–water partition coefficient (Wildman–Crippen LogP) is 4.49. The molecule has 0 atom stereocenters. The first-order chi connectivity index (χ1) is 19.2. The molecule has 3 heterocycles. The highest BCUT2D eigenvalue weighted by atomic mass is 16.5. The van der Waals surface area contributed by atoms with Crippen LogP contribution in [0.15, 0.2) is 67.3 Å². The van der Waals surface area contributed by atoms with Gasteiger partial charge in [-0.1, -0.05) is 37.3 Å².